The van der Waals surface area contributed by atoms with Crippen LogP contribution in [0.4, 0.5) is 0 Å². The van der Waals surface area contributed by atoms with Crippen LogP contribution in [0.2, 0.25) is 0 Å². The summed E-state index contributed by atoms with van der Waals surface area (Å²) in [5, 5.41) is 3.29. The van der Waals surface area contributed by atoms with Crippen LogP contribution in [0.15, 0.2) is 6.33 Å². The number of fused-ring (bicyclic) bond motifs is 2. The van der Waals surface area contributed by atoms with Crippen molar-refractivity contribution in [1.82, 2.24) is 25.1 Å². The lowest BCUT2D eigenvalue weighted by atomic mass is 9.78. The largest absolute Gasteiger partial charge is 0.375 e. The van der Waals surface area contributed by atoms with E-state index in [2.05, 4.69) is 15.3 Å². The number of likely N-dealkylation sites (tertiary alicyclic amines) is 1. The van der Waals surface area contributed by atoms with Gasteiger partial charge in [0, 0.05) is 38.9 Å². The summed E-state index contributed by atoms with van der Waals surface area (Å²) in [4.78, 5) is 37.1. The van der Waals surface area contributed by atoms with E-state index in [1.807, 2.05) is 9.80 Å². The van der Waals surface area contributed by atoms with E-state index in [0.717, 1.165) is 50.0 Å². The lowest BCUT2D eigenvalue weighted by molar-refractivity contribution is -0.148. The van der Waals surface area contributed by atoms with Crippen LogP contribution in [0.1, 0.15) is 37.1 Å². The molecule has 3 aliphatic rings. The molecule has 1 aromatic heterocycles. The van der Waals surface area contributed by atoms with Crippen molar-refractivity contribution in [2.24, 2.45) is 0 Å². The molecule has 10 heteroatoms. The van der Waals surface area contributed by atoms with Crippen molar-refractivity contribution >= 4 is 36.6 Å². The Bertz CT molecular complexity index is 685. The molecule has 3 aliphatic heterocycles. The van der Waals surface area contributed by atoms with Gasteiger partial charge in [0.15, 0.2) is 0 Å². The van der Waals surface area contributed by atoms with E-state index < -0.39 is 5.54 Å². The number of hydrogen-bond acceptors (Lipinski definition) is 5. The van der Waals surface area contributed by atoms with Crippen LogP contribution in [0.5, 0.6) is 0 Å². The van der Waals surface area contributed by atoms with Crippen molar-refractivity contribution in [2.75, 3.05) is 39.9 Å². The van der Waals surface area contributed by atoms with Gasteiger partial charge in [0.2, 0.25) is 11.8 Å². The summed E-state index contributed by atoms with van der Waals surface area (Å²) in [5.41, 5.74) is 1.66. The normalized spacial score (nSPS) is 23.0. The Morgan fingerprint density at radius 1 is 1.29 bits per heavy atom. The third kappa shape index (κ3) is 3.87. The Morgan fingerprint density at radius 3 is 2.68 bits per heavy atom. The number of nitrogens with zero attached hydrogens (tertiary/aromatic N) is 3. The van der Waals surface area contributed by atoms with Crippen molar-refractivity contribution in [3.63, 3.8) is 0 Å². The Kier molecular flexibility index (Phi) is 7.73. The van der Waals surface area contributed by atoms with Gasteiger partial charge in [-0.1, -0.05) is 0 Å². The van der Waals surface area contributed by atoms with Gasteiger partial charge in [-0.25, -0.2) is 4.98 Å². The van der Waals surface area contributed by atoms with Crippen LogP contribution in [-0.4, -0.2) is 77.5 Å². The minimum absolute atomic E-state index is 0. The summed E-state index contributed by atoms with van der Waals surface area (Å²) in [6, 6.07) is -0.0393. The van der Waals surface area contributed by atoms with E-state index in [1.165, 1.54) is 0 Å². The highest BCUT2D eigenvalue weighted by atomic mass is 35.5. The SMILES string of the molecule is COCC(=O)N1CCc2[nH]cnc2C12CCN(C(=O)[C@@H]1CCCN1)CC2.Cl.Cl. The van der Waals surface area contributed by atoms with Gasteiger partial charge >= 0.3 is 0 Å². The molecule has 2 saturated heterocycles. The summed E-state index contributed by atoms with van der Waals surface area (Å²) < 4.78 is 5.09. The summed E-state index contributed by atoms with van der Waals surface area (Å²) in [7, 11) is 1.55. The molecule has 2 fully saturated rings. The summed E-state index contributed by atoms with van der Waals surface area (Å²) in [6.45, 7) is 2.97. The van der Waals surface area contributed by atoms with E-state index in [0.29, 0.717) is 19.6 Å². The quantitative estimate of drug-likeness (QED) is 0.737. The minimum atomic E-state index is -0.427. The first-order valence-corrected chi connectivity index (χ1v) is 9.50. The van der Waals surface area contributed by atoms with Gasteiger partial charge in [0.25, 0.3) is 0 Å². The molecule has 0 radical (unpaired) electrons. The maximum absolute atomic E-state index is 12.7. The van der Waals surface area contributed by atoms with Crippen molar-refractivity contribution in [3.05, 3.63) is 17.7 Å². The van der Waals surface area contributed by atoms with Gasteiger partial charge in [-0.05, 0) is 32.2 Å². The first-order chi connectivity index (χ1) is 12.7. The lowest BCUT2D eigenvalue weighted by Gasteiger charge is -2.50. The molecule has 28 heavy (non-hydrogen) atoms. The molecule has 0 aliphatic carbocycles. The second-order valence-electron chi connectivity index (χ2n) is 7.46. The van der Waals surface area contributed by atoms with Gasteiger partial charge in [-0.2, -0.15) is 0 Å². The molecular formula is C18H29Cl2N5O3. The van der Waals surface area contributed by atoms with Gasteiger partial charge in [-0.15, -0.1) is 24.8 Å². The number of imidazole rings is 1. The van der Waals surface area contributed by atoms with Crippen LogP contribution in [0, 0.1) is 0 Å². The molecule has 0 unspecified atom stereocenters. The standard InChI is InChI=1S/C18H27N5O3.2ClH/c1-26-11-15(24)23-8-4-13-16(21-12-20-13)18(23)5-9-22(10-6-18)17(25)14-3-2-7-19-14;;/h12,14,19H,2-11H2,1H3,(H,20,21);2*1H/t14-;;/m0../s1. The second kappa shape index (κ2) is 9.43. The Labute approximate surface area is 177 Å². The van der Waals surface area contributed by atoms with Gasteiger partial charge < -0.3 is 24.8 Å². The van der Waals surface area contributed by atoms with Crippen LogP contribution in [-0.2, 0) is 26.3 Å². The number of amides is 2. The molecule has 4 rings (SSSR count). The Balaban J connectivity index is 0.00000140. The summed E-state index contributed by atoms with van der Waals surface area (Å²) in [6.07, 6.45) is 5.92. The molecule has 4 heterocycles. The van der Waals surface area contributed by atoms with Crippen molar-refractivity contribution in [2.45, 2.75) is 43.7 Å². The second-order valence-corrected chi connectivity index (χ2v) is 7.46. The highest BCUT2D eigenvalue weighted by Crippen LogP contribution is 2.42. The van der Waals surface area contributed by atoms with E-state index in [4.69, 9.17) is 4.74 Å². The van der Waals surface area contributed by atoms with Crippen LogP contribution in [0.25, 0.3) is 0 Å². The molecule has 0 bridgehead atoms. The van der Waals surface area contributed by atoms with E-state index in [1.54, 1.807) is 13.4 Å². The molecule has 0 aromatic carbocycles. The number of carbonyl (C=O) groups excluding carboxylic acids is 2. The van der Waals surface area contributed by atoms with Crippen LogP contribution in [0.3, 0.4) is 0 Å². The first kappa shape index (κ1) is 22.9. The number of H-pyrrole nitrogens is 1. The van der Waals surface area contributed by atoms with Gasteiger partial charge in [-0.3, -0.25) is 9.59 Å². The number of nitrogens with one attached hydrogen (secondary N) is 2. The third-order valence-electron chi connectivity index (χ3n) is 6.09. The van der Waals surface area contributed by atoms with E-state index >= 15 is 0 Å². The van der Waals surface area contributed by atoms with Gasteiger partial charge in [0.1, 0.15) is 6.61 Å². The molecular weight excluding hydrogens is 405 g/mol. The first-order valence-electron chi connectivity index (χ1n) is 9.50. The fraction of sp³-hybridized carbons (Fsp3) is 0.722. The summed E-state index contributed by atoms with van der Waals surface area (Å²) >= 11 is 0. The van der Waals surface area contributed by atoms with Gasteiger partial charge in [0.05, 0.1) is 23.6 Å². The molecule has 158 valence electrons. The zero-order chi connectivity index (χ0) is 18.1. The number of hydrogen-bond donors (Lipinski definition) is 2. The molecule has 2 amide bonds. The molecule has 2 N–H and O–H groups in total. The summed E-state index contributed by atoms with van der Waals surface area (Å²) in [5.74, 6) is 0.198. The van der Waals surface area contributed by atoms with Crippen molar-refractivity contribution in [3.8, 4) is 0 Å². The zero-order valence-electron chi connectivity index (χ0n) is 16.1. The van der Waals surface area contributed by atoms with E-state index in [-0.39, 0.29) is 49.3 Å². The molecule has 1 atom stereocenters. The highest BCUT2D eigenvalue weighted by Gasteiger charge is 2.49. The fourth-order valence-corrected chi connectivity index (χ4v) is 4.76. The zero-order valence-corrected chi connectivity index (χ0v) is 17.7. The number of aromatic nitrogens is 2. The van der Waals surface area contributed by atoms with Crippen LogP contribution < -0.4 is 5.32 Å². The average Bonchev–Trinajstić information content (AvgIpc) is 3.34. The number of carbonyl (C=O) groups is 2. The Hall–Kier alpha value is -1.35. The maximum Gasteiger partial charge on any atom is 0.249 e. The third-order valence-corrected chi connectivity index (χ3v) is 6.09. The topological polar surface area (TPSA) is 90.6 Å². The molecule has 0 saturated carbocycles. The van der Waals surface area contributed by atoms with Crippen molar-refractivity contribution in [1.29, 1.82) is 0 Å². The predicted octanol–water partition coefficient (Wildman–Crippen LogP) is 0.854. The molecule has 8 nitrogen and oxygen atoms in total. The smallest absolute Gasteiger partial charge is 0.249 e. The lowest BCUT2D eigenvalue weighted by Crippen LogP contribution is -2.60. The highest BCUT2D eigenvalue weighted by molar-refractivity contribution is 5.85. The number of methoxy groups -OCH3 is 1. The van der Waals surface area contributed by atoms with E-state index in [9.17, 15) is 9.59 Å². The predicted molar refractivity (Wildman–Crippen MR) is 109 cm³/mol. The number of rotatable bonds is 3. The Morgan fingerprint density at radius 2 is 2.04 bits per heavy atom. The monoisotopic (exact) mass is 433 g/mol. The number of aromatic amines is 1. The van der Waals surface area contributed by atoms with Crippen LogP contribution >= 0.6 is 24.8 Å². The van der Waals surface area contributed by atoms with Crippen molar-refractivity contribution < 1.29 is 14.3 Å². The maximum atomic E-state index is 12.7. The molecule has 1 spiro atoms. The number of ether oxygens (including phenoxy) is 1. The average molecular weight is 434 g/mol. The minimum Gasteiger partial charge on any atom is -0.375 e. The fourth-order valence-electron chi connectivity index (χ4n) is 4.76. The molecule has 1 aromatic rings. The number of piperidine rings is 1. The number of halogens is 2.